The number of hydrogen-bond acceptors (Lipinski definition) is 2. The van der Waals surface area contributed by atoms with Crippen molar-refractivity contribution in [1.82, 2.24) is 5.32 Å². The van der Waals surface area contributed by atoms with Gasteiger partial charge in [-0.05, 0) is 43.5 Å². The molecule has 2 nitrogen and oxygen atoms in total. The number of nitrogens with two attached hydrogens (primary N) is 1. The summed E-state index contributed by atoms with van der Waals surface area (Å²) in [5.74, 6) is 0. The monoisotopic (exact) mass is 176 g/mol. The molecule has 0 heterocycles. The lowest BCUT2D eigenvalue weighted by atomic mass is 9.87. The number of rotatable bonds is 1. The normalized spacial score (nSPS) is 21.2. The SMILES string of the molecule is CNC1CCc2c(N)cccc2C1. The highest BCUT2D eigenvalue weighted by atomic mass is 14.9. The van der Waals surface area contributed by atoms with Gasteiger partial charge in [0.25, 0.3) is 0 Å². The fraction of sp³-hybridized carbons (Fsp3) is 0.455. The van der Waals surface area contributed by atoms with Crippen molar-refractivity contribution in [2.75, 3.05) is 12.8 Å². The van der Waals surface area contributed by atoms with Crippen molar-refractivity contribution in [1.29, 1.82) is 0 Å². The van der Waals surface area contributed by atoms with Crippen molar-refractivity contribution in [3.8, 4) is 0 Å². The molecular formula is C11H16N2. The van der Waals surface area contributed by atoms with Gasteiger partial charge in [0, 0.05) is 11.7 Å². The number of fused-ring (bicyclic) bond motifs is 1. The topological polar surface area (TPSA) is 38.0 Å². The van der Waals surface area contributed by atoms with E-state index in [4.69, 9.17) is 5.73 Å². The van der Waals surface area contributed by atoms with Crippen molar-refractivity contribution in [3.05, 3.63) is 29.3 Å². The summed E-state index contributed by atoms with van der Waals surface area (Å²) in [7, 11) is 2.03. The Morgan fingerprint density at radius 2 is 2.31 bits per heavy atom. The van der Waals surface area contributed by atoms with Gasteiger partial charge in [-0.1, -0.05) is 12.1 Å². The van der Waals surface area contributed by atoms with Crippen molar-refractivity contribution >= 4 is 5.69 Å². The predicted molar refractivity (Wildman–Crippen MR) is 55.7 cm³/mol. The van der Waals surface area contributed by atoms with Gasteiger partial charge in [0.1, 0.15) is 0 Å². The van der Waals surface area contributed by atoms with Crippen molar-refractivity contribution in [3.63, 3.8) is 0 Å². The predicted octanol–water partition coefficient (Wildman–Crippen LogP) is 1.35. The molecule has 2 heteroatoms. The van der Waals surface area contributed by atoms with Crippen LogP contribution in [0.25, 0.3) is 0 Å². The van der Waals surface area contributed by atoms with E-state index in [1.54, 1.807) is 0 Å². The first-order valence-corrected chi connectivity index (χ1v) is 4.84. The molecule has 1 unspecified atom stereocenters. The molecule has 1 atom stereocenters. The molecule has 1 aromatic carbocycles. The molecule has 3 N–H and O–H groups in total. The molecule has 0 radical (unpaired) electrons. The Kier molecular flexibility index (Phi) is 2.23. The van der Waals surface area contributed by atoms with Crippen LogP contribution in [-0.4, -0.2) is 13.1 Å². The van der Waals surface area contributed by atoms with Crippen LogP contribution in [0.2, 0.25) is 0 Å². The quantitative estimate of drug-likeness (QED) is 0.634. The van der Waals surface area contributed by atoms with Gasteiger partial charge in [0.2, 0.25) is 0 Å². The molecule has 0 bridgehead atoms. The summed E-state index contributed by atoms with van der Waals surface area (Å²) < 4.78 is 0. The zero-order valence-electron chi connectivity index (χ0n) is 8.01. The van der Waals surface area contributed by atoms with E-state index in [9.17, 15) is 0 Å². The van der Waals surface area contributed by atoms with E-state index in [0.717, 1.165) is 18.5 Å². The van der Waals surface area contributed by atoms with E-state index in [1.165, 1.54) is 17.5 Å². The number of likely N-dealkylation sites (N-methyl/N-ethyl adjacent to an activating group) is 1. The van der Waals surface area contributed by atoms with Crippen molar-refractivity contribution in [2.24, 2.45) is 0 Å². The maximum absolute atomic E-state index is 5.91. The average Bonchev–Trinajstić information content (AvgIpc) is 2.18. The maximum atomic E-state index is 5.91. The van der Waals surface area contributed by atoms with Crippen LogP contribution in [0, 0.1) is 0 Å². The van der Waals surface area contributed by atoms with Crippen LogP contribution in [0.1, 0.15) is 17.5 Å². The van der Waals surface area contributed by atoms with Crippen LogP contribution in [0.5, 0.6) is 0 Å². The third kappa shape index (κ3) is 1.54. The Labute approximate surface area is 79.1 Å². The first kappa shape index (κ1) is 8.57. The summed E-state index contributed by atoms with van der Waals surface area (Å²) >= 11 is 0. The highest BCUT2D eigenvalue weighted by Gasteiger charge is 2.17. The summed E-state index contributed by atoms with van der Waals surface area (Å²) in [5.41, 5.74) is 9.66. The fourth-order valence-electron chi connectivity index (χ4n) is 2.08. The van der Waals surface area contributed by atoms with Crippen LogP contribution in [0.4, 0.5) is 5.69 Å². The third-order valence-electron chi connectivity index (χ3n) is 2.93. The highest BCUT2D eigenvalue weighted by Crippen LogP contribution is 2.25. The molecule has 2 rings (SSSR count). The summed E-state index contributed by atoms with van der Waals surface area (Å²) in [5, 5.41) is 3.32. The van der Waals surface area contributed by atoms with Gasteiger partial charge in [-0.2, -0.15) is 0 Å². The van der Waals surface area contributed by atoms with Gasteiger partial charge in [0.15, 0.2) is 0 Å². The van der Waals surface area contributed by atoms with Crippen LogP contribution in [0.3, 0.4) is 0 Å². The molecule has 70 valence electrons. The third-order valence-corrected chi connectivity index (χ3v) is 2.93. The van der Waals surface area contributed by atoms with Crippen molar-refractivity contribution < 1.29 is 0 Å². The van der Waals surface area contributed by atoms with Crippen LogP contribution in [0.15, 0.2) is 18.2 Å². The maximum Gasteiger partial charge on any atom is 0.0349 e. The number of nitrogen functional groups attached to an aromatic ring is 1. The number of benzene rings is 1. The molecule has 0 saturated heterocycles. The van der Waals surface area contributed by atoms with Crippen molar-refractivity contribution in [2.45, 2.75) is 25.3 Å². The van der Waals surface area contributed by atoms with E-state index < -0.39 is 0 Å². The molecule has 0 amide bonds. The Bertz CT molecular complexity index is 307. The van der Waals surface area contributed by atoms with E-state index in [-0.39, 0.29) is 0 Å². The standard InChI is InChI=1S/C11H16N2/c1-13-9-5-6-10-8(7-9)3-2-4-11(10)12/h2-4,9,13H,5-7,12H2,1H3. The summed E-state index contributed by atoms with van der Waals surface area (Å²) in [6, 6.07) is 6.87. The van der Waals surface area contributed by atoms with Crippen LogP contribution >= 0.6 is 0 Å². The smallest absolute Gasteiger partial charge is 0.0349 e. The van der Waals surface area contributed by atoms with Crippen LogP contribution in [-0.2, 0) is 12.8 Å². The Morgan fingerprint density at radius 1 is 1.46 bits per heavy atom. The molecule has 0 aliphatic heterocycles. The molecule has 1 aliphatic carbocycles. The second-order valence-electron chi connectivity index (χ2n) is 3.71. The molecule has 0 spiro atoms. The zero-order valence-corrected chi connectivity index (χ0v) is 8.01. The largest absolute Gasteiger partial charge is 0.398 e. The number of nitrogens with one attached hydrogen (secondary N) is 1. The first-order chi connectivity index (χ1) is 6.31. The van der Waals surface area contributed by atoms with Gasteiger partial charge in [-0.25, -0.2) is 0 Å². The lowest BCUT2D eigenvalue weighted by molar-refractivity contribution is 0.497. The minimum absolute atomic E-state index is 0.634. The van der Waals surface area contributed by atoms with Gasteiger partial charge in [0.05, 0.1) is 0 Å². The molecule has 0 saturated carbocycles. The fourth-order valence-corrected chi connectivity index (χ4v) is 2.08. The van der Waals surface area contributed by atoms with E-state index in [0.29, 0.717) is 6.04 Å². The molecular weight excluding hydrogens is 160 g/mol. The summed E-state index contributed by atoms with van der Waals surface area (Å²) in [6.45, 7) is 0. The lowest BCUT2D eigenvalue weighted by Crippen LogP contribution is -2.31. The second-order valence-corrected chi connectivity index (χ2v) is 3.71. The Balaban J connectivity index is 2.31. The van der Waals surface area contributed by atoms with E-state index in [2.05, 4.69) is 11.4 Å². The highest BCUT2D eigenvalue weighted by molar-refractivity contribution is 5.52. The molecule has 0 aromatic heterocycles. The lowest BCUT2D eigenvalue weighted by Gasteiger charge is -2.25. The number of anilines is 1. The van der Waals surface area contributed by atoms with Gasteiger partial charge >= 0.3 is 0 Å². The Morgan fingerprint density at radius 3 is 3.08 bits per heavy atom. The van der Waals surface area contributed by atoms with Gasteiger partial charge in [-0.15, -0.1) is 0 Å². The molecule has 1 aromatic rings. The van der Waals surface area contributed by atoms with Crippen LogP contribution < -0.4 is 11.1 Å². The second kappa shape index (κ2) is 3.38. The minimum Gasteiger partial charge on any atom is -0.398 e. The Hall–Kier alpha value is -1.02. The molecule has 1 aliphatic rings. The number of hydrogen-bond donors (Lipinski definition) is 2. The van der Waals surface area contributed by atoms with Gasteiger partial charge in [-0.3, -0.25) is 0 Å². The summed E-state index contributed by atoms with van der Waals surface area (Å²) in [6.07, 6.45) is 3.45. The average molecular weight is 176 g/mol. The van der Waals surface area contributed by atoms with Gasteiger partial charge < -0.3 is 11.1 Å². The van der Waals surface area contributed by atoms with E-state index >= 15 is 0 Å². The van der Waals surface area contributed by atoms with E-state index in [1.807, 2.05) is 19.2 Å². The molecule has 0 fully saturated rings. The first-order valence-electron chi connectivity index (χ1n) is 4.84. The molecule has 13 heavy (non-hydrogen) atoms. The minimum atomic E-state index is 0.634. The zero-order chi connectivity index (χ0) is 9.26. The summed E-state index contributed by atoms with van der Waals surface area (Å²) in [4.78, 5) is 0.